The molecule has 1 saturated heterocycles. The second-order valence-corrected chi connectivity index (χ2v) is 10.9. The van der Waals surface area contributed by atoms with E-state index in [2.05, 4.69) is 28.5 Å². The van der Waals surface area contributed by atoms with E-state index < -0.39 is 0 Å². The molecule has 10 heteroatoms. The molecular formula is C34H44N4O6. The Kier molecular flexibility index (Phi) is 12.6. The Bertz CT molecular complexity index is 1400. The molecule has 2 aliphatic rings. The summed E-state index contributed by atoms with van der Waals surface area (Å²) in [4.78, 5) is 35.4. The van der Waals surface area contributed by atoms with Crippen LogP contribution < -0.4 is 14.8 Å². The number of aliphatic imine (C=N–C) groups is 2. The summed E-state index contributed by atoms with van der Waals surface area (Å²) < 4.78 is 22.8. The number of hydrogen-bond donors (Lipinski definition) is 1. The number of allylic oxidation sites excluding steroid dienone is 3. The van der Waals surface area contributed by atoms with E-state index in [1.54, 1.807) is 50.6 Å². The van der Waals surface area contributed by atoms with Crippen molar-refractivity contribution in [1.29, 1.82) is 0 Å². The molecule has 2 unspecified atom stereocenters. The first-order valence-electron chi connectivity index (χ1n) is 14.5. The maximum absolute atomic E-state index is 13.4. The Morgan fingerprint density at radius 2 is 1.95 bits per heavy atom. The van der Waals surface area contributed by atoms with Crippen molar-refractivity contribution >= 4 is 30.4 Å². The van der Waals surface area contributed by atoms with Crippen LogP contribution in [0, 0.1) is 6.92 Å². The molecule has 3 rings (SSSR count). The molecule has 0 spiro atoms. The molecule has 1 aromatic rings. The molecule has 1 aromatic carbocycles. The average molecular weight is 605 g/mol. The third-order valence-electron chi connectivity index (χ3n) is 7.06. The number of aryl methyl sites for hydroxylation is 1. The lowest BCUT2D eigenvalue weighted by atomic mass is 10.1. The van der Waals surface area contributed by atoms with Crippen molar-refractivity contribution in [3.8, 4) is 11.5 Å². The number of rotatable bonds is 16. The lowest BCUT2D eigenvalue weighted by molar-refractivity contribution is -0.126. The predicted molar refractivity (Wildman–Crippen MR) is 174 cm³/mol. The van der Waals surface area contributed by atoms with Crippen LogP contribution in [0.15, 0.2) is 81.4 Å². The summed E-state index contributed by atoms with van der Waals surface area (Å²) in [6.45, 7) is 16.7. The number of carbonyl (C=O) groups excluding carboxylic acids is 2. The maximum Gasteiger partial charge on any atom is 0.257 e. The number of fused-ring (bicyclic) bond motifs is 1. The Labute approximate surface area is 260 Å². The van der Waals surface area contributed by atoms with Gasteiger partial charge in [0.1, 0.15) is 0 Å². The number of ether oxygens (including phenoxy) is 4. The van der Waals surface area contributed by atoms with E-state index in [-0.39, 0.29) is 18.0 Å². The third kappa shape index (κ3) is 9.45. The fraction of sp³-hybridized carbons (Fsp3) is 0.412. The minimum atomic E-state index is -0.255. The van der Waals surface area contributed by atoms with Crippen LogP contribution in [0.4, 0.5) is 5.69 Å². The van der Waals surface area contributed by atoms with Crippen molar-refractivity contribution in [2.24, 2.45) is 9.98 Å². The highest BCUT2D eigenvalue weighted by Gasteiger charge is 2.34. The summed E-state index contributed by atoms with van der Waals surface area (Å²) in [5, 5.41) is 2.75. The van der Waals surface area contributed by atoms with E-state index >= 15 is 0 Å². The Balaban J connectivity index is 1.66. The van der Waals surface area contributed by atoms with Gasteiger partial charge in [-0.05, 0) is 58.2 Å². The van der Waals surface area contributed by atoms with Gasteiger partial charge < -0.3 is 29.2 Å². The summed E-state index contributed by atoms with van der Waals surface area (Å²) >= 11 is 0. The summed E-state index contributed by atoms with van der Waals surface area (Å²) in [7, 11) is 3.16. The summed E-state index contributed by atoms with van der Waals surface area (Å²) in [6, 6.07) is 3.32. The SMILES string of the molecule is C=C(C)CC(/C=N\c1cc(OCCCO/C(C)=C/C2=C(/C=C(\C)OC)C(=O)N3CC(=C)CC3C=N2)c(OC)cc1C)NC=O. The van der Waals surface area contributed by atoms with Crippen LogP contribution in [-0.2, 0) is 19.1 Å². The highest BCUT2D eigenvalue weighted by atomic mass is 16.5. The molecule has 0 aromatic heterocycles. The average Bonchev–Trinajstić information content (AvgIpc) is 3.32. The second-order valence-electron chi connectivity index (χ2n) is 10.9. The molecule has 2 aliphatic heterocycles. The molecule has 0 radical (unpaired) electrons. The van der Waals surface area contributed by atoms with Crippen LogP contribution >= 0.6 is 0 Å². The van der Waals surface area contributed by atoms with Crippen molar-refractivity contribution in [1.82, 2.24) is 10.2 Å². The number of nitrogens with zero attached hydrogens (tertiary/aromatic N) is 3. The van der Waals surface area contributed by atoms with Crippen molar-refractivity contribution < 1.29 is 28.5 Å². The fourth-order valence-corrected chi connectivity index (χ4v) is 4.76. The molecule has 1 N–H and O–H groups in total. The molecule has 10 nitrogen and oxygen atoms in total. The standard InChI is InChI=1S/C34H44N4O6/c1-22(2)12-27(37-21-39)18-35-30-17-33(32(42-8)14-24(30)4)44-11-9-10-43-26(6)16-31-29(15-25(5)41-7)34(40)38-20-23(3)13-28(38)19-36-31/h14-19,21,27-28H,1,3,9-13,20H2,2,4-8H3,(H,37,39)/b25-15+,26-16+,35-18-. The van der Waals surface area contributed by atoms with Crippen LogP contribution in [-0.4, -0.2) is 75.7 Å². The van der Waals surface area contributed by atoms with E-state index in [0.29, 0.717) is 85.4 Å². The molecule has 236 valence electrons. The lowest BCUT2D eigenvalue weighted by Crippen LogP contribution is -2.36. The molecule has 1 fully saturated rings. The van der Waals surface area contributed by atoms with Crippen LogP contribution in [0.5, 0.6) is 11.5 Å². The zero-order chi connectivity index (χ0) is 32.2. The van der Waals surface area contributed by atoms with Crippen LogP contribution in [0.2, 0.25) is 0 Å². The van der Waals surface area contributed by atoms with E-state index in [0.717, 1.165) is 16.7 Å². The smallest absolute Gasteiger partial charge is 0.257 e. The molecule has 44 heavy (non-hydrogen) atoms. The van der Waals surface area contributed by atoms with Crippen molar-refractivity contribution in [3.05, 3.63) is 76.9 Å². The summed E-state index contributed by atoms with van der Waals surface area (Å²) in [5.41, 5.74) is 4.53. The van der Waals surface area contributed by atoms with Gasteiger partial charge in [0.25, 0.3) is 5.91 Å². The van der Waals surface area contributed by atoms with Crippen LogP contribution in [0.25, 0.3) is 0 Å². The van der Waals surface area contributed by atoms with Gasteiger partial charge in [0.05, 0.1) is 68.0 Å². The third-order valence-corrected chi connectivity index (χ3v) is 7.06. The van der Waals surface area contributed by atoms with Gasteiger partial charge >= 0.3 is 0 Å². The van der Waals surface area contributed by atoms with Crippen LogP contribution in [0.3, 0.4) is 0 Å². The van der Waals surface area contributed by atoms with Gasteiger partial charge in [0.2, 0.25) is 6.41 Å². The monoisotopic (exact) mass is 604 g/mol. The first-order valence-corrected chi connectivity index (χ1v) is 14.5. The minimum absolute atomic E-state index is 0.110. The van der Waals surface area contributed by atoms with E-state index in [1.165, 1.54) is 0 Å². The quantitative estimate of drug-likeness (QED) is 0.0875. The first kappa shape index (κ1) is 33.9. The summed E-state index contributed by atoms with van der Waals surface area (Å²) in [5.74, 6) is 2.27. The number of carbonyl (C=O) groups is 2. The van der Waals surface area contributed by atoms with Gasteiger partial charge in [-0.3, -0.25) is 19.6 Å². The van der Waals surface area contributed by atoms with Gasteiger partial charge in [0.15, 0.2) is 11.5 Å². The molecular weight excluding hydrogens is 560 g/mol. The molecule has 2 amide bonds. The van der Waals surface area contributed by atoms with Crippen molar-refractivity contribution in [2.45, 2.75) is 59.0 Å². The molecule has 2 heterocycles. The first-order chi connectivity index (χ1) is 21.1. The Morgan fingerprint density at radius 3 is 2.64 bits per heavy atom. The molecule has 0 saturated carbocycles. The number of methoxy groups -OCH3 is 2. The van der Waals surface area contributed by atoms with Crippen molar-refractivity contribution in [2.75, 3.05) is 34.0 Å². The van der Waals surface area contributed by atoms with Crippen LogP contribution in [0.1, 0.15) is 45.6 Å². The fourth-order valence-electron chi connectivity index (χ4n) is 4.76. The topological polar surface area (TPSA) is 111 Å². The highest BCUT2D eigenvalue weighted by Crippen LogP contribution is 2.35. The van der Waals surface area contributed by atoms with Gasteiger partial charge in [0, 0.05) is 37.5 Å². The summed E-state index contributed by atoms with van der Waals surface area (Å²) in [6.07, 6.45) is 9.54. The van der Waals surface area contributed by atoms with Gasteiger partial charge in [-0.2, -0.15) is 0 Å². The highest BCUT2D eigenvalue weighted by molar-refractivity contribution is 6.01. The minimum Gasteiger partial charge on any atom is -0.501 e. The Morgan fingerprint density at radius 1 is 1.18 bits per heavy atom. The zero-order valence-electron chi connectivity index (χ0n) is 26.6. The zero-order valence-corrected chi connectivity index (χ0v) is 26.6. The second kappa shape index (κ2) is 16.3. The number of nitrogens with one attached hydrogen (secondary N) is 1. The number of amides is 2. The normalized spacial score (nSPS) is 17.9. The van der Waals surface area contributed by atoms with E-state index in [4.69, 9.17) is 18.9 Å². The van der Waals surface area contributed by atoms with E-state index in [9.17, 15) is 9.59 Å². The molecule has 2 atom stereocenters. The molecule has 0 aliphatic carbocycles. The largest absolute Gasteiger partial charge is 0.501 e. The van der Waals surface area contributed by atoms with Crippen molar-refractivity contribution in [3.63, 3.8) is 0 Å². The predicted octanol–water partition coefficient (Wildman–Crippen LogP) is 5.52. The van der Waals surface area contributed by atoms with Gasteiger partial charge in [-0.1, -0.05) is 17.7 Å². The maximum atomic E-state index is 13.4. The number of hydrogen-bond acceptors (Lipinski definition) is 8. The Hall–Kier alpha value is -4.60. The molecule has 0 bridgehead atoms. The van der Waals surface area contributed by atoms with Gasteiger partial charge in [-0.25, -0.2) is 0 Å². The number of benzene rings is 1. The lowest BCUT2D eigenvalue weighted by Gasteiger charge is -2.20. The van der Waals surface area contributed by atoms with Gasteiger partial charge in [-0.15, -0.1) is 6.58 Å². The van der Waals surface area contributed by atoms with E-state index in [1.807, 2.05) is 32.9 Å².